The molecule has 0 radical (unpaired) electrons. The highest BCUT2D eigenvalue weighted by molar-refractivity contribution is 5.94. The van der Waals surface area contributed by atoms with Crippen LogP contribution >= 0.6 is 0 Å². The van der Waals surface area contributed by atoms with E-state index < -0.39 is 0 Å². The van der Waals surface area contributed by atoms with Crippen LogP contribution in [0.15, 0.2) is 42.7 Å². The van der Waals surface area contributed by atoms with Gasteiger partial charge in [-0.15, -0.1) is 0 Å². The molecule has 1 amide bonds. The van der Waals surface area contributed by atoms with Crippen LogP contribution < -0.4 is 10.1 Å². The molecule has 1 aromatic carbocycles. The summed E-state index contributed by atoms with van der Waals surface area (Å²) in [7, 11) is 1.93. The number of hydrogen-bond donors (Lipinski definition) is 1. The Kier molecular flexibility index (Phi) is 6.69. The molecule has 1 N–H and O–H groups in total. The minimum Gasteiger partial charge on any atom is -0.492 e. The zero-order valence-electron chi connectivity index (χ0n) is 16.3. The van der Waals surface area contributed by atoms with Gasteiger partial charge in [-0.05, 0) is 55.7 Å². The first-order valence-corrected chi connectivity index (χ1v) is 9.79. The van der Waals surface area contributed by atoms with Gasteiger partial charge in [0.2, 0.25) is 0 Å². The summed E-state index contributed by atoms with van der Waals surface area (Å²) >= 11 is 0. The Hall–Kier alpha value is -2.56. The number of hydrogen-bond acceptors (Lipinski definition) is 4. The van der Waals surface area contributed by atoms with Gasteiger partial charge in [-0.25, -0.2) is 0 Å². The first-order chi connectivity index (χ1) is 13.1. The van der Waals surface area contributed by atoms with Crippen LogP contribution in [0.25, 0.3) is 0 Å². The minimum absolute atomic E-state index is 0.0883. The largest absolute Gasteiger partial charge is 0.492 e. The van der Waals surface area contributed by atoms with Gasteiger partial charge in [0.1, 0.15) is 12.4 Å². The molecule has 5 heteroatoms. The van der Waals surface area contributed by atoms with Crippen LogP contribution in [0.3, 0.4) is 0 Å². The van der Waals surface area contributed by atoms with Crippen molar-refractivity contribution in [1.82, 2.24) is 9.88 Å². The number of ether oxygens (including phenoxy) is 1. The molecular formula is C22H29N3O2. The molecule has 3 rings (SSSR count). The zero-order valence-corrected chi connectivity index (χ0v) is 16.3. The topological polar surface area (TPSA) is 54.5 Å². The van der Waals surface area contributed by atoms with E-state index in [0.717, 1.165) is 29.8 Å². The molecule has 0 atom stereocenters. The second kappa shape index (κ2) is 9.40. The Balaban J connectivity index is 1.57. The van der Waals surface area contributed by atoms with Gasteiger partial charge in [0.25, 0.3) is 5.91 Å². The maximum absolute atomic E-state index is 12.9. The molecule has 2 aromatic rings. The van der Waals surface area contributed by atoms with Crippen LogP contribution in [0.2, 0.25) is 0 Å². The third kappa shape index (κ3) is 5.46. The zero-order chi connectivity index (χ0) is 19.1. The van der Waals surface area contributed by atoms with E-state index in [0.29, 0.717) is 24.8 Å². The van der Waals surface area contributed by atoms with E-state index in [1.807, 2.05) is 49.2 Å². The van der Waals surface area contributed by atoms with E-state index in [2.05, 4.69) is 10.3 Å². The predicted octanol–water partition coefficient (Wildman–Crippen LogP) is 4.29. The lowest BCUT2D eigenvalue weighted by molar-refractivity contribution is 0.0695. The fraction of sp³-hybridized carbons (Fsp3) is 0.455. The van der Waals surface area contributed by atoms with E-state index in [1.165, 1.54) is 19.3 Å². The number of carbonyl (C=O) groups is 1. The molecule has 0 bridgehead atoms. The van der Waals surface area contributed by atoms with Gasteiger partial charge in [0.05, 0.1) is 0 Å². The summed E-state index contributed by atoms with van der Waals surface area (Å²) in [5.41, 5.74) is 2.76. The number of rotatable bonds is 7. The highest BCUT2D eigenvalue weighted by atomic mass is 16.5. The Morgan fingerprint density at radius 1 is 1.19 bits per heavy atom. The lowest BCUT2D eigenvalue weighted by Crippen LogP contribution is -2.38. The smallest absolute Gasteiger partial charge is 0.253 e. The second-order valence-electron chi connectivity index (χ2n) is 7.25. The molecule has 0 spiro atoms. The number of carbonyl (C=O) groups excluding carboxylic acids is 1. The fourth-order valence-electron chi connectivity index (χ4n) is 3.63. The lowest BCUT2D eigenvalue weighted by Gasteiger charge is -2.31. The first-order valence-electron chi connectivity index (χ1n) is 9.79. The van der Waals surface area contributed by atoms with Crippen molar-refractivity contribution >= 4 is 11.6 Å². The van der Waals surface area contributed by atoms with Crippen molar-refractivity contribution in [2.45, 2.75) is 45.1 Å². The van der Waals surface area contributed by atoms with Crippen molar-refractivity contribution in [1.29, 1.82) is 0 Å². The van der Waals surface area contributed by atoms with E-state index in [4.69, 9.17) is 4.74 Å². The van der Waals surface area contributed by atoms with Crippen LogP contribution in [0.4, 0.5) is 5.69 Å². The van der Waals surface area contributed by atoms with Crippen LogP contribution in [-0.4, -0.2) is 42.0 Å². The molecule has 1 aliphatic rings. The van der Waals surface area contributed by atoms with E-state index >= 15 is 0 Å². The number of aromatic nitrogens is 1. The minimum atomic E-state index is 0.0883. The van der Waals surface area contributed by atoms with Crippen LogP contribution in [-0.2, 0) is 0 Å². The first kappa shape index (κ1) is 19.2. The van der Waals surface area contributed by atoms with Crippen molar-refractivity contribution in [3.8, 4) is 5.75 Å². The van der Waals surface area contributed by atoms with Gasteiger partial charge >= 0.3 is 0 Å². The Bertz CT molecular complexity index is 742. The van der Waals surface area contributed by atoms with Crippen LogP contribution in [0.1, 0.15) is 48.0 Å². The summed E-state index contributed by atoms with van der Waals surface area (Å²) < 4.78 is 5.88. The summed E-state index contributed by atoms with van der Waals surface area (Å²) in [5, 5.41) is 3.29. The maximum atomic E-state index is 12.9. The normalized spacial score (nSPS) is 14.6. The monoisotopic (exact) mass is 367 g/mol. The standard InChI is InChI=1S/C22H29N3O2/c1-17-14-18(22(26)25(2)20-6-4-3-5-7-20)16-21(15-17)27-13-12-24-19-8-10-23-11-9-19/h8-11,14-16,20H,3-7,12-13H2,1-2H3,(H,23,24). The van der Waals surface area contributed by atoms with Crippen molar-refractivity contribution in [3.05, 3.63) is 53.9 Å². The molecule has 0 saturated heterocycles. The molecular weight excluding hydrogens is 338 g/mol. The third-order valence-corrected chi connectivity index (χ3v) is 5.12. The highest BCUT2D eigenvalue weighted by Crippen LogP contribution is 2.24. The number of amides is 1. The number of pyridine rings is 1. The molecule has 0 unspecified atom stereocenters. The Morgan fingerprint density at radius 2 is 1.93 bits per heavy atom. The molecule has 144 valence electrons. The van der Waals surface area contributed by atoms with Crippen molar-refractivity contribution < 1.29 is 9.53 Å². The Labute approximate surface area is 161 Å². The summed E-state index contributed by atoms with van der Waals surface area (Å²) in [6, 6.07) is 9.99. The van der Waals surface area contributed by atoms with E-state index in [-0.39, 0.29) is 5.91 Å². The number of benzene rings is 1. The predicted molar refractivity (Wildman–Crippen MR) is 108 cm³/mol. The Morgan fingerprint density at radius 3 is 2.67 bits per heavy atom. The molecule has 1 aliphatic carbocycles. The molecule has 1 fully saturated rings. The number of anilines is 1. The fourth-order valence-corrected chi connectivity index (χ4v) is 3.63. The van der Waals surface area contributed by atoms with E-state index in [1.54, 1.807) is 12.4 Å². The molecule has 1 heterocycles. The number of nitrogens with one attached hydrogen (secondary N) is 1. The number of nitrogens with zero attached hydrogens (tertiary/aromatic N) is 2. The van der Waals surface area contributed by atoms with Crippen molar-refractivity contribution in [2.75, 3.05) is 25.5 Å². The molecule has 27 heavy (non-hydrogen) atoms. The van der Waals surface area contributed by atoms with Gasteiger partial charge in [-0.2, -0.15) is 0 Å². The maximum Gasteiger partial charge on any atom is 0.253 e. The average Bonchev–Trinajstić information content (AvgIpc) is 2.71. The third-order valence-electron chi connectivity index (χ3n) is 5.12. The highest BCUT2D eigenvalue weighted by Gasteiger charge is 2.23. The van der Waals surface area contributed by atoms with Gasteiger partial charge in [-0.1, -0.05) is 19.3 Å². The lowest BCUT2D eigenvalue weighted by atomic mass is 9.94. The molecule has 5 nitrogen and oxygen atoms in total. The summed E-state index contributed by atoms with van der Waals surface area (Å²) in [4.78, 5) is 18.8. The van der Waals surface area contributed by atoms with Crippen LogP contribution in [0, 0.1) is 6.92 Å². The molecule has 0 aliphatic heterocycles. The summed E-state index contributed by atoms with van der Waals surface area (Å²) in [6.07, 6.45) is 9.45. The SMILES string of the molecule is Cc1cc(OCCNc2ccncc2)cc(C(=O)N(C)C2CCCCC2)c1. The molecule has 1 saturated carbocycles. The van der Waals surface area contributed by atoms with Gasteiger partial charge in [0.15, 0.2) is 0 Å². The average molecular weight is 367 g/mol. The van der Waals surface area contributed by atoms with E-state index in [9.17, 15) is 4.79 Å². The summed E-state index contributed by atoms with van der Waals surface area (Å²) in [6.45, 7) is 3.21. The van der Waals surface area contributed by atoms with Gasteiger partial charge in [-0.3, -0.25) is 9.78 Å². The van der Waals surface area contributed by atoms with Crippen molar-refractivity contribution in [2.24, 2.45) is 0 Å². The van der Waals surface area contributed by atoms with Gasteiger partial charge in [0, 0.05) is 43.3 Å². The van der Waals surface area contributed by atoms with Crippen LogP contribution in [0.5, 0.6) is 5.75 Å². The number of aryl methyl sites for hydroxylation is 1. The van der Waals surface area contributed by atoms with Gasteiger partial charge < -0.3 is 15.0 Å². The second-order valence-corrected chi connectivity index (χ2v) is 7.25. The van der Waals surface area contributed by atoms with Crippen molar-refractivity contribution in [3.63, 3.8) is 0 Å². The summed E-state index contributed by atoms with van der Waals surface area (Å²) in [5.74, 6) is 0.831. The molecule has 1 aromatic heterocycles. The quantitative estimate of drug-likeness (QED) is 0.742.